The van der Waals surface area contributed by atoms with Gasteiger partial charge in [-0.25, -0.2) is 9.78 Å². The third-order valence-electron chi connectivity index (χ3n) is 2.90. The topological polar surface area (TPSA) is 103 Å². The van der Waals surface area contributed by atoms with Gasteiger partial charge >= 0.3 is 11.7 Å². The number of esters is 1. The van der Waals surface area contributed by atoms with Crippen molar-refractivity contribution < 1.29 is 19.6 Å². The molecule has 0 amide bonds. The molecule has 0 radical (unpaired) electrons. The molecule has 120 valence electrons. The molecule has 1 N–H and O–H groups in total. The van der Waals surface area contributed by atoms with Crippen molar-refractivity contribution in [2.45, 2.75) is 13.8 Å². The smallest absolute Gasteiger partial charge is 0.358 e. The Bertz CT molecular complexity index is 782. The Labute approximate surface area is 136 Å². The number of nitrogens with zero attached hydrogens (tertiary/aromatic N) is 2. The minimum absolute atomic E-state index is 0.281. The number of carbonyl (C=O) groups is 1. The van der Waals surface area contributed by atoms with E-state index < -0.39 is 16.6 Å². The van der Waals surface area contributed by atoms with Crippen LogP contribution in [0, 0.1) is 17.0 Å². The maximum atomic E-state index is 11.7. The number of phenolic OH excluding ortho intramolecular Hbond substituents is 1. The van der Waals surface area contributed by atoms with E-state index in [9.17, 15) is 20.0 Å². The van der Waals surface area contributed by atoms with Crippen LogP contribution in [-0.4, -0.2) is 27.6 Å². The summed E-state index contributed by atoms with van der Waals surface area (Å²) in [5.41, 5.74) is 0.513. The van der Waals surface area contributed by atoms with Crippen molar-refractivity contribution in [1.29, 1.82) is 0 Å². The minimum Gasteiger partial charge on any atom is -0.502 e. The number of phenols is 1. The molecule has 1 aromatic carbocycles. The second-order valence-corrected chi connectivity index (χ2v) is 5.75. The lowest BCUT2D eigenvalue weighted by Crippen LogP contribution is -2.06. The lowest BCUT2D eigenvalue weighted by atomic mass is 10.2. The normalized spacial score (nSPS) is 10.9. The zero-order valence-corrected chi connectivity index (χ0v) is 13.3. The summed E-state index contributed by atoms with van der Waals surface area (Å²) in [6.07, 6.45) is 3.32. The van der Waals surface area contributed by atoms with Gasteiger partial charge in [0.25, 0.3) is 0 Å². The second-order valence-electron chi connectivity index (χ2n) is 4.52. The van der Waals surface area contributed by atoms with Crippen LogP contribution < -0.4 is 0 Å². The molecule has 2 aromatic rings. The van der Waals surface area contributed by atoms with Crippen molar-refractivity contribution in [3.63, 3.8) is 0 Å². The molecule has 1 heterocycles. The Balaban J connectivity index is 2.21. The van der Waals surface area contributed by atoms with E-state index in [0.717, 1.165) is 4.88 Å². The predicted octanol–water partition coefficient (Wildman–Crippen LogP) is 3.41. The van der Waals surface area contributed by atoms with Gasteiger partial charge in [-0.3, -0.25) is 10.1 Å². The third kappa shape index (κ3) is 3.92. The standard InChI is InChI=1S/C15H14N2O5S/c1-3-22-15(19)14-9(2)23-13(16-14)7-5-10-4-6-11(17(20)21)12(18)8-10/h4-8,18H,3H2,1-2H3/b7-5+. The van der Waals surface area contributed by atoms with Crippen LogP contribution in [0.2, 0.25) is 0 Å². The highest BCUT2D eigenvalue weighted by Gasteiger charge is 2.15. The number of nitro benzene ring substituents is 1. The van der Waals surface area contributed by atoms with Gasteiger partial charge in [0.05, 0.1) is 11.5 Å². The largest absolute Gasteiger partial charge is 0.502 e. The van der Waals surface area contributed by atoms with E-state index in [2.05, 4.69) is 4.98 Å². The first-order valence-electron chi connectivity index (χ1n) is 6.72. The van der Waals surface area contributed by atoms with E-state index in [1.54, 1.807) is 26.0 Å². The molecular weight excluding hydrogens is 320 g/mol. The predicted molar refractivity (Wildman–Crippen MR) is 86.5 cm³/mol. The summed E-state index contributed by atoms with van der Waals surface area (Å²) in [4.78, 5) is 26.6. The molecule has 0 saturated carbocycles. The van der Waals surface area contributed by atoms with Crippen LogP contribution >= 0.6 is 11.3 Å². The number of thiazole rings is 1. The maximum Gasteiger partial charge on any atom is 0.358 e. The molecule has 0 aliphatic carbocycles. The van der Waals surface area contributed by atoms with Crippen molar-refractivity contribution >= 4 is 35.1 Å². The van der Waals surface area contributed by atoms with E-state index >= 15 is 0 Å². The molecule has 0 fully saturated rings. The molecule has 0 atom stereocenters. The lowest BCUT2D eigenvalue weighted by molar-refractivity contribution is -0.385. The number of benzene rings is 1. The summed E-state index contributed by atoms with van der Waals surface area (Å²) in [5.74, 6) is -0.867. The van der Waals surface area contributed by atoms with E-state index in [-0.39, 0.29) is 18.0 Å². The summed E-state index contributed by atoms with van der Waals surface area (Å²) in [5, 5.41) is 20.8. The van der Waals surface area contributed by atoms with Crippen LogP contribution in [0.3, 0.4) is 0 Å². The lowest BCUT2D eigenvalue weighted by Gasteiger charge is -1.97. The van der Waals surface area contributed by atoms with Gasteiger partial charge in [0, 0.05) is 10.9 Å². The Morgan fingerprint density at radius 2 is 2.22 bits per heavy atom. The molecule has 0 aliphatic heterocycles. The van der Waals surface area contributed by atoms with Crippen LogP contribution in [0.25, 0.3) is 12.2 Å². The van der Waals surface area contributed by atoms with Gasteiger partial charge in [0.1, 0.15) is 5.01 Å². The molecule has 0 unspecified atom stereocenters. The molecule has 0 aliphatic rings. The van der Waals surface area contributed by atoms with Gasteiger partial charge in [-0.2, -0.15) is 0 Å². The molecule has 8 heteroatoms. The summed E-state index contributed by atoms with van der Waals surface area (Å²) < 4.78 is 4.92. The summed E-state index contributed by atoms with van der Waals surface area (Å²) in [6.45, 7) is 3.78. The minimum atomic E-state index is -0.654. The molecule has 1 aromatic heterocycles. The second kappa shape index (κ2) is 7.01. The fourth-order valence-corrected chi connectivity index (χ4v) is 2.66. The Hall–Kier alpha value is -2.74. The highest BCUT2D eigenvalue weighted by molar-refractivity contribution is 7.12. The van der Waals surface area contributed by atoms with Gasteiger partial charge in [0.2, 0.25) is 0 Å². The highest BCUT2D eigenvalue weighted by atomic mass is 32.1. The van der Waals surface area contributed by atoms with Crippen LogP contribution in [0.4, 0.5) is 5.69 Å². The Kier molecular flexibility index (Phi) is 5.07. The monoisotopic (exact) mass is 334 g/mol. The zero-order chi connectivity index (χ0) is 17.0. The van der Waals surface area contributed by atoms with Gasteiger partial charge < -0.3 is 9.84 Å². The number of aryl methyl sites for hydroxylation is 1. The van der Waals surface area contributed by atoms with E-state index in [1.165, 1.54) is 29.5 Å². The number of nitro groups is 1. The van der Waals surface area contributed by atoms with E-state index in [1.807, 2.05) is 0 Å². The number of hydrogen-bond donors (Lipinski definition) is 1. The molecule has 2 rings (SSSR count). The number of rotatable bonds is 5. The number of hydrogen-bond acceptors (Lipinski definition) is 7. The quantitative estimate of drug-likeness (QED) is 0.510. The van der Waals surface area contributed by atoms with Gasteiger partial charge in [-0.05, 0) is 37.6 Å². The first-order valence-corrected chi connectivity index (χ1v) is 7.54. The summed E-state index contributed by atoms with van der Waals surface area (Å²) in [6, 6.07) is 4.04. The maximum absolute atomic E-state index is 11.7. The van der Waals surface area contributed by atoms with Gasteiger partial charge in [0.15, 0.2) is 11.4 Å². The zero-order valence-electron chi connectivity index (χ0n) is 12.5. The molecule has 0 spiro atoms. The van der Waals surface area contributed by atoms with Crippen molar-refractivity contribution in [1.82, 2.24) is 4.98 Å². The van der Waals surface area contributed by atoms with Crippen LogP contribution in [0.15, 0.2) is 18.2 Å². The van der Waals surface area contributed by atoms with E-state index in [0.29, 0.717) is 10.6 Å². The van der Waals surface area contributed by atoms with Crippen molar-refractivity contribution in [2.75, 3.05) is 6.61 Å². The number of aromatic hydroxyl groups is 1. The van der Waals surface area contributed by atoms with E-state index in [4.69, 9.17) is 4.74 Å². The average Bonchev–Trinajstić information content (AvgIpc) is 2.86. The third-order valence-corrected chi connectivity index (χ3v) is 3.83. The van der Waals surface area contributed by atoms with Crippen molar-refractivity contribution in [2.24, 2.45) is 0 Å². The highest BCUT2D eigenvalue weighted by Crippen LogP contribution is 2.27. The average molecular weight is 334 g/mol. The molecule has 23 heavy (non-hydrogen) atoms. The van der Waals surface area contributed by atoms with Crippen molar-refractivity contribution in [3.8, 4) is 5.75 Å². The molecule has 7 nitrogen and oxygen atoms in total. The van der Waals surface area contributed by atoms with Crippen LogP contribution in [-0.2, 0) is 4.74 Å². The summed E-state index contributed by atoms with van der Waals surface area (Å²) >= 11 is 1.33. The fraction of sp³-hybridized carbons (Fsp3) is 0.200. The first-order chi connectivity index (χ1) is 10.9. The van der Waals surface area contributed by atoms with Gasteiger partial charge in [-0.15, -0.1) is 11.3 Å². The van der Waals surface area contributed by atoms with Crippen LogP contribution in [0.1, 0.15) is 32.9 Å². The molecule has 0 saturated heterocycles. The molecule has 0 bridgehead atoms. The molecular formula is C15H14N2O5S. The fourth-order valence-electron chi connectivity index (χ4n) is 1.84. The summed E-state index contributed by atoms with van der Waals surface area (Å²) in [7, 11) is 0. The number of aromatic nitrogens is 1. The van der Waals surface area contributed by atoms with Crippen LogP contribution in [0.5, 0.6) is 5.75 Å². The van der Waals surface area contributed by atoms with Crippen molar-refractivity contribution in [3.05, 3.63) is 49.5 Å². The number of carbonyl (C=O) groups excluding carboxylic acids is 1. The SMILES string of the molecule is CCOC(=O)c1nc(/C=C/c2ccc([N+](=O)[O-])c(O)c2)sc1C. The van der Waals surface area contributed by atoms with Gasteiger partial charge in [-0.1, -0.05) is 6.08 Å². The first kappa shape index (κ1) is 16.6. The number of ether oxygens (including phenoxy) is 1. The Morgan fingerprint density at radius 1 is 1.48 bits per heavy atom. The Morgan fingerprint density at radius 3 is 2.83 bits per heavy atom.